The molecule has 0 bridgehead atoms. The fourth-order valence-electron chi connectivity index (χ4n) is 3.16. The molecule has 1 fully saturated rings. The topological polar surface area (TPSA) is 84.5 Å². The van der Waals surface area contributed by atoms with Gasteiger partial charge in [0.15, 0.2) is 14.6 Å². The van der Waals surface area contributed by atoms with Crippen LogP contribution in [0.15, 0.2) is 24.3 Å². The average molecular weight is 354 g/mol. The van der Waals surface area contributed by atoms with Crippen molar-refractivity contribution in [2.45, 2.75) is 37.0 Å². The molecule has 2 N–H and O–H groups in total. The Hall–Kier alpha value is -1.60. The lowest BCUT2D eigenvalue weighted by molar-refractivity contribution is -0.124. The highest BCUT2D eigenvalue weighted by Gasteiger charge is 2.48. The molecule has 1 aromatic rings. The van der Waals surface area contributed by atoms with E-state index in [0.717, 1.165) is 17.6 Å². The van der Waals surface area contributed by atoms with Crippen molar-refractivity contribution in [3.05, 3.63) is 29.8 Å². The molecule has 1 atom stereocenters. The Labute approximate surface area is 143 Å². The number of hydrogen-bond donors (Lipinski definition) is 2. The van der Waals surface area contributed by atoms with Gasteiger partial charge in [-0.2, -0.15) is 0 Å². The molecule has 24 heavy (non-hydrogen) atoms. The van der Waals surface area contributed by atoms with Gasteiger partial charge in [0.05, 0.1) is 7.11 Å². The van der Waals surface area contributed by atoms with Crippen LogP contribution >= 0.6 is 0 Å². The molecule has 0 saturated carbocycles. The fraction of sp³-hybridized carbons (Fsp3) is 0.588. The maximum Gasteiger partial charge on any atom is 0.241 e. The molecule has 0 radical (unpaired) electrons. The maximum absolute atomic E-state index is 12.7. The molecule has 1 amide bonds. The Morgan fingerprint density at radius 2 is 2.04 bits per heavy atom. The van der Waals surface area contributed by atoms with E-state index in [0.29, 0.717) is 32.4 Å². The monoisotopic (exact) mass is 354 g/mol. The van der Waals surface area contributed by atoms with E-state index in [1.807, 2.05) is 31.2 Å². The fourth-order valence-corrected chi connectivity index (χ4v) is 4.50. The van der Waals surface area contributed by atoms with E-state index in [1.54, 1.807) is 7.11 Å². The van der Waals surface area contributed by atoms with Gasteiger partial charge in [0.2, 0.25) is 5.91 Å². The highest BCUT2D eigenvalue weighted by molar-refractivity contribution is 7.92. The number of rotatable bonds is 6. The minimum absolute atomic E-state index is 0.168. The Morgan fingerprint density at radius 3 is 2.62 bits per heavy atom. The van der Waals surface area contributed by atoms with Crippen LogP contribution in [-0.2, 0) is 21.1 Å². The number of hydrogen-bond acceptors (Lipinski definition) is 5. The zero-order chi connectivity index (χ0) is 17.8. The van der Waals surface area contributed by atoms with Crippen LogP contribution in [0.4, 0.5) is 0 Å². The van der Waals surface area contributed by atoms with Gasteiger partial charge in [-0.1, -0.05) is 12.1 Å². The molecule has 0 spiro atoms. The predicted octanol–water partition coefficient (Wildman–Crippen LogP) is 0.909. The zero-order valence-corrected chi connectivity index (χ0v) is 15.3. The number of piperidine rings is 1. The molecular formula is C17H26N2O4S. The molecule has 1 unspecified atom stereocenters. The van der Waals surface area contributed by atoms with E-state index in [4.69, 9.17) is 4.74 Å². The lowest BCUT2D eigenvalue weighted by Gasteiger charge is -2.35. The lowest BCUT2D eigenvalue weighted by Crippen LogP contribution is -2.58. The van der Waals surface area contributed by atoms with Crippen LogP contribution in [0.5, 0.6) is 5.75 Å². The summed E-state index contributed by atoms with van der Waals surface area (Å²) >= 11 is 0. The minimum atomic E-state index is -3.49. The number of carbonyl (C=O) groups is 1. The van der Waals surface area contributed by atoms with E-state index in [2.05, 4.69) is 10.6 Å². The Morgan fingerprint density at radius 1 is 1.38 bits per heavy atom. The van der Waals surface area contributed by atoms with Crippen molar-refractivity contribution in [1.82, 2.24) is 10.6 Å². The van der Waals surface area contributed by atoms with Crippen molar-refractivity contribution in [3.63, 3.8) is 0 Å². The quantitative estimate of drug-likeness (QED) is 0.793. The molecule has 0 aromatic heterocycles. The molecule has 7 heteroatoms. The second-order valence-corrected chi connectivity index (χ2v) is 8.77. The highest BCUT2D eigenvalue weighted by atomic mass is 32.2. The van der Waals surface area contributed by atoms with Crippen molar-refractivity contribution >= 4 is 15.7 Å². The van der Waals surface area contributed by atoms with Crippen LogP contribution in [0.3, 0.4) is 0 Å². The van der Waals surface area contributed by atoms with Crippen molar-refractivity contribution in [2.24, 2.45) is 0 Å². The van der Waals surface area contributed by atoms with Crippen molar-refractivity contribution in [1.29, 1.82) is 0 Å². The standard InChI is InChI=1S/C17H26N2O4S/c1-13(11-14-5-4-6-15(12-14)23-2)19-16(20)17(24(3,21)22)7-9-18-10-8-17/h4-6,12-13,18H,7-11H2,1-3H3,(H,19,20). The first-order chi connectivity index (χ1) is 11.3. The Balaban J connectivity index is 2.09. The first-order valence-electron chi connectivity index (χ1n) is 8.13. The third kappa shape index (κ3) is 4.08. The van der Waals surface area contributed by atoms with Crippen LogP contribution < -0.4 is 15.4 Å². The number of methoxy groups -OCH3 is 1. The third-order valence-electron chi connectivity index (χ3n) is 4.59. The highest BCUT2D eigenvalue weighted by Crippen LogP contribution is 2.28. The first kappa shape index (κ1) is 18.7. The van der Waals surface area contributed by atoms with Gasteiger partial charge in [-0.05, 0) is 57.0 Å². The summed E-state index contributed by atoms with van der Waals surface area (Å²) in [4.78, 5) is 12.7. The van der Waals surface area contributed by atoms with E-state index in [1.165, 1.54) is 0 Å². The van der Waals surface area contributed by atoms with Crippen LogP contribution in [0.2, 0.25) is 0 Å². The van der Waals surface area contributed by atoms with Gasteiger partial charge in [-0.25, -0.2) is 8.42 Å². The number of amides is 1. The van der Waals surface area contributed by atoms with E-state index < -0.39 is 14.6 Å². The molecule has 134 valence electrons. The summed E-state index contributed by atoms with van der Waals surface area (Å²) in [5.41, 5.74) is 1.03. The number of carbonyl (C=O) groups excluding carboxylic acids is 1. The second kappa shape index (κ2) is 7.53. The molecule has 1 aliphatic rings. The molecule has 0 aliphatic carbocycles. The zero-order valence-electron chi connectivity index (χ0n) is 14.5. The SMILES string of the molecule is COc1cccc(CC(C)NC(=O)C2(S(C)(=O)=O)CCNCC2)c1. The van der Waals surface area contributed by atoms with Gasteiger partial charge in [-0.15, -0.1) is 0 Å². The van der Waals surface area contributed by atoms with Gasteiger partial charge in [0, 0.05) is 12.3 Å². The van der Waals surface area contributed by atoms with Crippen molar-refractivity contribution < 1.29 is 17.9 Å². The molecular weight excluding hydrogens is 328 g/mol. The molecule has 1 aliphatic heterocycles. The van der Waals surface area contributed by atoms with E-state index in [-0.39, 0.29) is 11.9 Å². The maximum atomic E-state index is 12.7. The number of nitrogens with one attached hydrogen (secondary N) is 2. The Bertz CT molecular complexity index is 682. The second-order valence-electron chi connectivity index (χ2n) is 6.45. The number of sulfone groups is 1. The molecule has 1 aromatic carbocycles. The largest absolute Gasteiger partial charge is 0.497 e. The van der Waals surface area contributed by atoms with Gasteiger partial charge in [-0.3, -0.25) is 4.79 Å². The molecule has 1 saturated heterocycles. The summed E-state index contributed by atoms with van der Waals surface area (Å²) < 4.78 is 28.4. The van der Waals surface area contributed by atoms with Gasteiger partial charge in [0.1, 0.15) is 5.75 Å². The molecule has 2 rings (SSSR count). The van der Waals surface area contributed by atoms with E-state index >= 15 is 0 Å². The summed E-state index contributed by atoms with van der Waals surface area (Å²) in [6.45, 7) is 2.95. The molecule has 6 nitrogen and oxygen atoms in total. The van der Waals surface area contributed by atoms with Crippen molar-refractivity contribution in [2.75, 3.05) is 26.5 Å². The summed E-state index contributed by atoms with van der Waals surface area (Å²) in [6, 6.07) is 7.47. The Kier molecular flexibility index (Phi) is 5.87. The molecule has 1 heterocycles. The van der Waals surface area contributed by atoms with Gasteiger partial charge < -0.3 is 15.4 Å². The number of ether oxygens (including phenoxy) is 1. The summed E-state index contributed by atoms with van der Waals surface area (Å²) in [7, 11) is -1.88. The van der Waals surface area contributed by atoms with Crippen LogP contribution in [-0.4, -0.2) is 51.6 Å². The average Bonchev–Trinajstić information content (AvgIpc) is 2.54. The minimum Gasteiger partial charge on any atom is -0.497 e. The summed E-state index contributed by atoms with van der Waals surface area (Å²) in [6.07, 6.45) is 2.39. The summed E-state index contributed by atoms with van der Waals surface area (Å²) in [5.74, 6) is 0.374. The normalized spacial score (nSPS) is 18.6. The van der Waals surface area contributed by atoms with Crippen molar-refractivity contribution in [3.8, 4) is 5.75 Å². The lowest BCUT2D eigenvalue weighted by atomic mass is 9.95. The first-order valence-corrected chi connectivity index (χ1v) is 10.0. The number of benzene rings is 1. The third-order valence-corrected chi connectivity index (χ3v) is 6.60. The van der Waals surface area contributed by atoms with E-state index in [9.17, 15) is 13.2 Å². The van der Waals surface area contributed by atoms with Gasteiger partial charge in [0.25, 0.3) is 0 Å². The van der Waals surface area contributed by atoms with Crippen LogP contribution in [0, 0.1) is 0 Å². The predicted molar refractivity (Wildman–Crippen MR) is 94.0 cm³/mol. The summed E-state index contributed by atoms with van der Waals surface area (Å²) in [5, 5.41) is 6.01. The van der Waals surface area contributed by atoms with Crippen LogP contribution in [0.1, 0.15) is 25.3 Å². The smallest absolute Gasteiger partial charge is 0.241 e. The van der Waals surface area contributed by atoms with Gasteiger partial charge >= 0.3 is 0 Å². The van der Waals surface area contributed by atoms with Crippen LogP contribution in [0.25, 0.3) is 0 Å².